The summed E-state index contributed by atoms with van der Waals surface area (Å²) in [4.78, 5) is 28.0. The number of halogens is 1. The quantitative estimate of drug-likeness (QED) is 0.486. The highest BCUT2D eigenvalue weighted by atomic mass is 19.1. The molecule has 9 nitrogen and oxygen atoms in total. The minimum absolute atomic E-state index is 0.256. The monoisotopic (exact) mass is 448 g/mol. The van der Waals surface area contributed by atoms with Crippen LogP contribution < -0.4 is 10.2 Å². The summed E-state index contributed by atoms with van der Waals surface area (Å²) in [6, 6.07) is 3.98. The normalized spacial score (nSPS) is 17.4. The molecule has 10 heteroatoms. The number of nitrogens with zero attached hydrogens (tertiary/aromatic N) is 7. The Labute approximate surface area is 190 Å². The summed E-state index contributed by atoms with van der Waals surface area (Å²) in [7, 11) is 5.67. The van der Waals surface area contributed by atoms with E-state index in [1.54, 1.807) is 17.2 Å². The van der Waals surface area contributed by atoms with Gasteiger partial charge in [0.2, 0.25) is 5.91 Å². The lowest BCUT2D eigenvalue weighted by molar-refractivity contribution is -0.117. The highest BCUT2D eigenvalue weighted by Crippen LogP contribution is 2.36. The van der Waals surface area contributed by atoms with Crippen LogP contribution in [0.25, 0.3) is 22.3 Å². The Morgan fingerprint density at radius 2 is 2.06 bits per heavy atom. The summed E-state index contributed by atoms with van der Waals surface area (Å²) in [6.45, 7) is 2.09. The van der Waals surface area contributed by atoms with Gasteiger partial charge in [-0.05, 0) is 24.5 Å². The van der Waals surface area contributed by atoms with Crippen LogP contribution in [0.15, 0.2) is 37.1 Å². The zero-order valence-electron chi connectivity index (χ0n) is 18.9. The number of aromatic nitrogens is 6. The summed E-state index contributed by atoms with van der Waals surface area (Å²) >= 11 is 0. The number of amides is 1. The molecule has 4 aromatic heterocycles. The second-order valence-electron chi connectivity index (χ2n) is 8.41. The maximum absolute atomic E-state index is 13.4. The molecule has 1 saturated carbocycles. The molecule has 33 heavy (non-hydrogen) atoms. The van der Waals surface area contributed by atoms with E-state index in [-0.39, 0.29) is 12.3 Å². The predicted octanol–water partition coefficient (Wildman–Crippen LogP) is 3.39. The van der Waals surface area contributed by atoms with Gasteiger partial charge in [-0.15, -0.1) is 0 Å². The van der Waals surface area contributed by atoms with E-state index >= 15 is 0 Å². The maximum atomic E-state index is 13.4. The van der Waals surface area contributed by atoms with E-state index in [1.165, 1.54) is 0 Å². The van der Waals surface area contributed by atoms with Gasteiger partial charge in [-0.3, -0.25) is 14.5 Å². The van der Waals surface area contributed by atoms with Crippen molar-refractivity contribution >= 4 is 34.3 Å². The molecule has 1 aliphatic carbocycles. The fourth-order valence-corrected chi connectivity index (χ4v) is 3.93. The molecule has 0 radical (unpaired) electrons. The molecule has 4 aromatic rings. The minimum atomic E-state index is -1.08. The summed E-state index contributed by atoms with van der Waals surface area (Å²) in [5.41, 5.74) is 5.19. The highest BCUT2D eigenvalue weighted by molar-refractivity contribution is 6.01. The molecule has 2 atom stereocenters. The van der Waals surface area contributed by atoms with Gasteiger partial charge in [0.05, 0.1) is 41.5 Å². The van der Waals surface area contributed by atoms with Crippen LogP contribution in [0, 0.1) is 5.92 Å². The van der Waals surface area contributed by atoms with Gasteiger partial charge < -0.3 is 14.8 Å². The molecule has 170 valence electrons. The zero-order valence-corrected chi connectivity index (χ0v) is 18.9. The molecule has 1 N–H and O–H groups in total. The van der Waals surface area contributed by atoms with Crippen molar-refractivity contribution < 1.29 is 9.18 Å². The Balaban J connectivity index is 1.53. The molecular formula is C23H25FN8O. The molecule has 0 aliphatic heterocycles. The Bertz CT molecular complexity index is 1360. The SMILES string of the molecule is CCc1cc(-c2cnn(C)c2)ncc1N(C)c1cc2c(ncn2C)c(NC(=O)[C@H]2C[C@H]2F)n1. The first-order valence-corrected chi connectivity index (χ1v) is 10.8. The topological polar surface area (TPSA) is 93.8 Å². The average molecular weight is 449 g/mol. The largest absolute Gasteiger partial charge is 0.334 e. The van der Waals surface area contributed by atoms with Gasteiger partial charge in [-0.2, -0.15) is 5.10 Å². The molecule has 0 spiro atoms. The van der Waals surface area contributed by atoms with Gasteiger partial charge in [-0.25, -0.2) is 14.4 Å². The van der Waals surface area contributed by atoms with Gasteiger partial charge in [0, 0.05) is 39.0 Å². The lowest BCUT2D eigenvalue weighted by Gasteiger charge is -2.22. The van der Waals surface area contributed by atoms with E-state index in [2.05, 4.69) is 38.4 Å². The number of hydrogen-bond donors (Lipinski definition) is 1. The number of aryl methyl sites for hydroxylation is 3. The van der Waals surface area contributed by atoms with Crippen LogP contribution in [-0.2, 0) is 25.3 Å². The lowest BCUT2D eigenvalue weighted by Crippen LogP contribution is -2.19. The maximum Gasteiger partial charge on any atom is 0.231 e. The highest BCUT2D eigenvalue weighted by Gasteiger charge is 2.44. The summed E-state index contributed by atoms with van der Waals surface area (Å²) in [5, 5.41) is 7.01. The molecular weight excluding hydrogens is 423 g/mol. The second-order valence-corrected chi connectivity index (χ2v) is 8.41. The first-order valence-electron chi connectivity index (χ1n) is 10.8. The van der Waals surface area contributed by atoms with Crippen LogP contribution in [0.4, 0.5) is 21.7 Å². The molecule has 5 rings (SSSR count). The Morgan fingerprint density at radius 1 is 1.27 bits per heavy atom. The third kappa shape index (κ3) is 3.81. The number of carbonyl (C=O) groups is 1. The molecule has 0 aromatic carbocycles. The van der Waals surface area contributed by atoms with Crippen LogP contribution in [0.2, 0.25) is 0 Å². The van der Waals surface area contributed by atoms with E-state index in [1.807, 2.05) is 49.1 Å². The second kappa shape index (κ2) is 7.95. The van der Waals surface area contributed by atoms with Crippen molar-refractivity contribution in [3.63, 3.8) is 0 Å². The van der Waals surface area contributed by atoms with E-state index < -0.39 is 12.1 Å². The van der Waals surface area contributed by atoms with Crippen molar-refractivity contribution in [2.24, 2.45) is 20.0 Å². The van der Waals surface area contributed by atoms with Crippen molar-refractivity contribution in [2.75, 3.05) is 17.3 Å². The number of imidazole rings is 1. The zero-order chi connectivity index (χ0) is 23.3. The lowest BCUT2D eigenvalue weighted by atomic mass is 10.1. The van der Waals surface area contributed by atoms with Gasteiger partial charge >= 0.3 is 0 Å². The first-order chi connectivity index (χ1) is 15.9. The van der Waals surface area contributed by atoms with Gasteiger partial charge in [0.15, 0.2) is 5.82 Å². The molecule has 0 saturated heterocycles. The number of nitrogens with one attached hydrogen (secondary N) is 1. The van der Waals surface area contributed by atoms with Crippen LogP contribution in [0.1, 0.15) is 18.9 Å². The standard InChI is InChI=1S/C23H25FN8O/c1-5-13-6-17(14-9-27-31(3)11-14)25-10-19(13)32(4)20-8-18-21(26-12-30(18)2)22(28-20)29-23(33)15-7-16(15)24/h6,8-12,15-16H,5,7H2,1-4H3,(H,28,29,33)/t15-,16+/m0/s1. The van der Waals surface area contributed by atoms with Crippen LogP contribution in [0.3, 0.4) is 0 Å². The number of rotatable bonds is 6. The summed E-state index contributed by atoms with van der Waals surface area (Å²) < 4.78 is 17.0. The summed E-state index contributed by atoms with van der Waals surface area (Å²) in [5.74, 6) is -0.0157. The number of pyridine rings is 2. The third-order valence-electron chi connectivity index (χ3n) is 6.04. The van der Waals surface area contributed by atoms with E-state index in [0.29, 0.717) is 17.2 Å². The third-order valence-corrected chi connectivity index (χ3v) is 6.04. The molecule has 1 amide bonds. The molecule has 1 aliphatic rings. The van der Waals surface area contributed by atoms with Crippen molar-refractivity contribution in [1.82, 2.24) is 29.3 Å². The van der Waals surface area contributed by atoms with Crippen LogP contribution in [0.5, 0.6) is 0 Å². The Morgan fingerprint density at radius 3 is 2.73 bits per heavy atom. The predicted molar refractivity (Wildman–Crippen MR) is 124 cm³/mol. The minimum Gasteiger partial charge on any atom is -0.334 e. The van der Waals surface area contributed by atoms with Crippen LogP contribution >= 0.6 is 0 Å². The van der Waals surface area contributed by atoms with Gasteiger partial charge in [-0.1, -0.05) is 6.92 Å². The average Bonchev–Trinajstić information content (AvgIpc) is 3.20. The van der Waals surface area contributed by atoms with E-state index in [4.69, 9.17) is 0 Å². The number of carbonyl (C=O) groups excluding carboxylic acids is 1. The Hall–Kier alpha value is -3.82. The number of fused-ring (bicyclic) bond motifs is 1. The number of alkyl halides is 1. The first kappa shape index (κ1) is 21.0. The number of hydrogen-bond acceptors (Lipinski definition) is 6. The van der Waals surface area contributed by atoms with Crippen LogP contribution in [-0.4, -0.2) is 48.4 Å². The van der Waals surface area contributed by atoms with Crippen molar-refractivity contribution in [1.29, 1.82) is 0 Å². The fraction of sp³-hybridized carbons (Fsp3) is 0.348. The van der Waals surface area contributed by atoms with Gasteiger partial charge in [0.1, 0.15) is 17.5 Å². The molecule has 0 bridgehead atoms. The number of anilines is 3. The fourth-order valence-electron chi connectivity index (χ4n) is 3.93. The molecule has 4 heterocycles. The van der Waals surface area contributed by atoms with Crippen molar-refractivity contribution in [2.45, 2.75) is 25.9 Å². The smallest absolute Gasteiger partial charge is 0.231 e. The van der Waals surface area contributed by atoms with Crippen molar-refractivity contribution in [3.8, 4) is 11.3 Å². The van der Waals surface area contributed by atoms with E-state index in [0.717, 1.165) is 34.4 Å². The van der Waals surface area contributed by atoms with E-state index in [9.17, 15) is 9.18 Å². The van der Waals surface area contributed by atoms with Crippen molar-refractivity contribution in [3.05, 3.63) is 42.6 Å². The summed E-state index contributed by atoms with van der Waals surface area (Å²) in [6.07, 6.45) is 7.19. The molecule has 0 unspecified atom stereocenters. The Kier molecular flexibility index (Phi) is 5.07. The van der Waals surface area contributed by atoms with Gasteiger partial charge in [0.25, 0.3) is 0 Å². The molecule has 1 fully saturated rings.